The van der Waals surface area contributed by atoms with Gasteiger partial charge in [-0.1, -0.05) is 18.2 Å². The van der Waals surface area contributed by atoms with Gasteiger partial charge in [-0.25, -0.2) is 0 Å². The van der Waals surface area contributed by atoms with E-state index in [4.69, 9.17) is 9.47 Å². The van der Waals surface area contributed by atoms with Crippen LogP contribution in [-0.2, 0) is 12.8 Å². The average molecular weight is 414 g/mol. The predicted molar refractivity (Wildman–Crippen MR) is 123 cm³/mol. The van der Waals surface area contributed by atoms with Gasteiger partial charge in [0, 0.05) is 34.2 Å². The van der Waals surface area contributed by atoms with E-state index >= 15 is 0 Å². The Morgan fingerprint density at radius 3 is 2.97 bits per heavy atom. The summed E-state index contributed by atoms with van der Waals surface area (Å²) in [5.41, 5.74) is 6.16. The van der Waals surface area contributed by atoms with Crippen LogP contribution in [-0.4, -0.2) is 35.8 Å². The lowest BCUT2D eigenvalue weighted by molar-refractivity contribution is 0.0915. The summed E-state index contributed by atoms with van der Waals surface area (Å²) in [5.74, 6) is 2.29. The Kier molecular flexibility index (Phi) is 4.57. The number of aromatic amines is 1. The number of benzene rings is 2. The van der Waals surface area contributed by atoms with Crippen LogP contribution in [0.4, 0.5) is 0 Å². The van der Waals surface area contributed by atoms with Gasteiger partial charge in [-0.2, -0.15) is 0 Å². The second kappa shape index (κ2) is 7.57. The van der Waals surface area contributed by atoms with Crippen LogP contribution in [0.3, 0.4) is 0 Å². The molecule has 2 aromatic carbocycles. The molecule has 2 N–H and O–H groups in total. The van der Waals surface area contributed by atoms with Crippen LogP contribution in [0.25, 0.3) is 21.8 Å². The predicted octanol–water partition coefficient (Wildman–Crippen LogP) is 4.56. The molecular formula is C26H27N3O2. The lowest BCUT2D eigenvalue weighted by Crippen LogP contribution is -2.40. The molecule has 1 aliphatic carbocycles. The molecule has 158 valence electrons. The molecule has 2 aliphatic rings. The number of pyridine rings is 1. The van der Waals surface area contributed by atoms with E-state index < -0.39 is 0 Å². The van der Waals surface area contributed by atoms with E-state index in [1.807, 2.05) is 25.1 Å². The molecule has 4 aromatic rings. The Balaban J connectivity index is 1.10. The zero-order valence-electron chi connectivity index (χ0n) is 17.8. The molecule has 0 bridgehead atoms. The van der Waals surface area contributed by atoms with Gasteiger partial charge < -0.3 is 19.8 Å². The van der Waals surface area contributed by atoms with Crippen LogP contribution < -0.4 is 14.8 Å². The minimum absolute atomic E-state index is 0.00615. The zero-order valence-corrected chi connectivity index (χ0v) is 17.8. The van der Waals surface area contributed by atoms with Crippen LogP contribution in [0.5, 0.6) is 11.5 Å². The third kappa shape index (κ3) is 3.43. The van der Waals surface area contributed by atoms with E-state index in [9.17, 15) is 0 Å². The summed E-state index contributed by atoms with van der Waals surface area (Å²) in [6, 6.07) is 16.7. The van der Waals surface area contributed by atoms with Crippen LogP contribution in [0.2, 0.25) is 0 Å². The summed E-state index contributed by atoms with van der Waals surface area (Å²) in [7, 11) is 0. The highest BCUT2D eigenvalue weighted by atomic mass is 16.6. The highest BCUT2D eigenvalue weighted by Crippen LogP contribution is 2.38. The lowest BCUT2D eigenvalue weighted by Gasteiger charge is -2.29. The summed E-state index contributed by atoms with van der Waals surface area (Å²) in [6.45, 7) is 4.36. The summed E-state index contributed by atoms with van der Waals surface area (Å²) in [5, 5.41) is 6.06. The van der Waals surface area contributed by atoms with Crippen molar-refractivity contribution >= 4 is 21.8 Å². The van der Waals surface area contributed by atoms with Gasteiger partial charge in [0.05, 0.1) is 5.52 Å². The Morgan fingerprint density at radius 2 is 2.00 bits per heavy atom. The quantitative estimate of drug-likeness (QED) is 0.515. The standard InChI is InChI=1S/C26H27N3O2/c1-16-6-8-20-23(28-16)10-11-25-26(20)31-18(15-30-25)14-27-13-17-7-9-24-21(12-17)19-4-2-3-5-22(19)29-24/h2-6,8,10-11,17-18,27,29H,7,9,12-15H2,1H3/t17-,18-/m0/s1. The fraction of sp³-hybridized carbons (Fsp3) is 0.346. The van der Waals surface area contributed by atoms with E-state index in [0.717, 1.165) is 54.0 Å². The van der Waals surface area contributed by atoms with Crippen molar-refractivity contribution in [2.45, 2.75) is 32.3 Å². The van der Waals surface area contributed by atoms with E-state index in [0.29, 0.717) is 12.5 Å². The van der Waals surface area contributed by atoms with Crippen molar-refractivity contribution in [1.29, 1.82) is 0 Å². The molecule has 1 aliphatic heterocycles. The highest BCUT2D eigenvalue weighted by molar-refractivity contribution is 5.88. The fourth-order valence-corrected chi connectivity index (χ4v) is 5.04. The minimum Gasteiger partial charge on any atom is -0.486 e. The first-order valence-corrected chi connectivity index (χ1v) is 11.2. The summed E-state index contributed by atoms with van der Waals surface area (Å²) < 4.78 is 12.3. The van der Waals surface area contributed by atoms with Gasteiger partial charge in [0.25, 0.3) is 0 Å². The number of ether oxygens (including phenoxy) is 2. The van der Waals surface area contributed by atoms with Crippen LogP contribution >= 0.6 is 0 Å². The van der Waals surface area contributed by atoms with Crippen molar-refractivity contribution < 1.29 is 9.47 Å². The monoisotopic (exact) mass is 413 g/mol. The highest BCUT2D eigenvalue weighted by Gasteiger charge is 2.25. The number of nitrogens with one attached hydrogen (secondary N) is 2. The average Bonchev–Trinajstić information content (AvgIpc) is 3.17. The first-order chi connectivity index (χ1) is 15.2. The SMILES string of the molecule is Cc1ccc2c3c(ccc2n1)OC[C@H](CNC[C@H]1CCc2[nH]c4ccccc4c2C1)O3. The molecule has 5 nitrogen and oxygen atoms in total. The number of hydrogen-bond donors (Lipinski definition) is 2. The maximum atomic E-state index is 6.34. The second-order valence-corrected chi connectivity index (χ2v) is 8.86. The molecule has 2 atom stereocenters. The topological polar surface area (TPSA) is 59.2 Å². The van der Waals surface area contributed by atoms with Crippen molar-refractivity contribution in [2.75, 3.05) is 19.7 Å². The van der Waals surface area contributed by atoms with Crippen molar-refractivity contribution in [3.05, 3.63) is 65.5 Å². The molecule has 0 spiro atoms. The maximum Gasteiger partial charge on any atom is 0.171 e. The Labute approximate surface area is 181 Å². The van der Waals surface area contributed by atoms with Crippen LogP contribution in [0.1, 0.15) is 23.4 Å². The number of H-pyrrole nitrogens is 1. The normalized spacial score (nSPS) is 20.2. The summed E-state index contributed by atoms with van der Waals surface area (Å²) in [4.78, 5) is 8.22. The number of nitrogens with zero attached hydrogens (tertiary/aromatic N) is 1. The van der Waals surface area contributed by atoms with Gasteiger partial charge >= 0.3 is 0 Å². The zero-order chi connectivity index (χ0) is 20.8. The van der Waals surface area contributed by atoms with Gasteiger partial charge in [-0.05, 0) is 74.5 Å². The molecule has 0 fully saturated rings. The molecule has 0 saturated heterocycles. The summed E-state index contributed by atoms with van der Waals surface area (Å²) in [6.07, 6.45) is 3.48. The Hall–Kier alpha value is -3.05. The first-order valence-electron chi connectivity index (χ1n) is 11.2. The van der Waals surface area contributed by atoms with Gasteiger partial charge in [-0.15, -0.1) is 0 Å². The minimum atomic E-state index is 0.00615. The van der Waals surface area contributed by atoms with Crippen LogP contribution in [0.15, 0.2) is 48.5 Å². The number of fused-ring (bicyclic) bond motifs is 6. The fourth-order valence-electron chi connectivity index (χ4n) is 5.04. The number of para-hydroxylation sites is 1. The van der Waals surface area contributed by atoms with Crippen molar-refractivity contribution in [1.82, 2.24) is 15.3 Å². The van der Waals surface area contributed by atoms with E-state index in [1.54, 1.807) is 0 Å². The Bertz CT molecular complexity index is 1260. The molecule has 3 heterocycles. The first kappa shape index (κ1) is 18.7. The molecule has 0 amide bonds. The van der Waals surface area contributed by atoms with Crippen molar-refractivity contribution in [3.63, 3.8) is 0 Å². The maximum absolute atomic E-state index is 6.34. The van der Waals surface area contributed by atoms with Gasteiger partial charge in [0.2, 0.25) is 0 Å². The molecule has 31 heavy (non-hydrogen) atoms. The van der Waals surface area contributed by atoms with Crippen molar-refractivity contribution in [3.8, 4) is 11.5 Å². The molecule has 6 rings (SSSR count). The van der Waals surface area contributed by atoms with E-state index in [1.165, 1.54) is 28.6 Å². The van der Waals surface area contributed by atoms with Gasteiger partial charge in [0.15, 0.2) is 11.5 Å². The third-order valence-electron chi connectivity index (χ3n) is 6.64. The van der Waals surface area contributed by atoms with E-state index in [2.05, 4.69) is 45.6 Å². The molecule has 5 heteroatoms. The smallest absolute Gasteiger partial charge is 0.171 e. The molecule has 0 unspecified atom stereocenters. The van der Waals surface area contributed by atoms with Crippen molar-refractivity contribution in [2.24, 2.45) is 5.92 Å². The third-order valence-corrected chi connectivity index (χ3v) is 6.64. The molecule has 0 radical (unpaired) electrons. The lowest BCUT2D eigenvalue weighted by atomic mass is 9.86. The van der Waals surface area contributed by atoms with Gasteiger partial charge in [0.1, 0.15) is 12.7 Å². The van der Waals surface area contributed by atoms with Crippen LogP contribution in [0, 0.1) is 12.8 Å². The molecule has 2 aromatic heterocycles. The molecule has 0 saturated carbocycles. The number of aryl methyl sites for hydroxylation is 2. The number of rotatable bonds is 4. The molecular weight excluding hydrogens is 386 g/mol. The number of hydrogen-bond acceptors (Lipinski definition) is 4. The Morgan fingerprint density at radius 1 is 1.06 bits per heavy atom. The largest absolute Gasteiger partial charge is 0.486 e. The number of aromatic nitrogens is 2. The summed E-state index contributed by atoms with van der Waals surface area (Å²) >= 11 is 0. The van der Waals surface area contributed by atoms with Gasteiger partial charge in [-0.3, -0.25) is 4.98 Å². The second-order valence-electron chi connectivity index (χ2n) is 8.86. The van der Waals surface area contributed by atoms with E-state index in [-0.39, 0.29) is 6.10 Å².